The number of aromatic nitrogens is 1. The second-order valence-electron chi connectivity index (χ2n) is 6.27. The van der Waals surface area contributed by atoms with Gasteiger partial charge in [-0.2, -0.15) is 0 Å². The van der Waals surface area contributed by atoms with E-state index in [-0.39, 0.29) is 10.5 Å². The molecule has 0 aliphatic carbocycles. The van der Waals surface area contributed by atoms with Gasteiger partial charge in [0, 0.05) is 12.6 Å². The monoisotopic (exact) mass is 374 g/mol. The van der Waals surface area contributed by atoms with E-state index in [2.05, 4.69) is 4.72 Å². The highest BCUT2D eigenvalue weighted by Crippen LogP contribution is 2.28. The second-order valence-corrected chi connectivity index (χ2v) is 7.92. The van der Waals surface area contributed by atoms with Crippen LogP contribution in [0.4, 0.5) is 5.69 Å². The molecule has 0 spiro atoms. The van der Waals surface area contributed by atoms with Crippen molar-refractivity contribution in [1.29, 1.82) is 0 Å². The standard InChI is InChI=1S/C19H22N2O4S/c1-5-14-9-7-8-12(3)18(14)20-26(23,24)17-11-16-15(10-13(17)4)21(6-2)19(22)25-16/h7-11,20H,5-6H2,1-4H3. The topological polar surface area (TPSA) is 81.3 Å². The molecule has 0 unspecified atom stereocenters. The molecule has 0 fully saturated rings. The maximum atomic E-state index is 13.0. The van der Waals surface area contributed by atoms with Gasteiger partial charge in [0.25, 0.3) is 10.0 Å². The first-order chi connectivity index (χ1) is 12.3. The average molecular weight is 374 g/mol. The molecule has 0 amide bonds. The summed E-state index contributed by atoms with van der Waals surface area (Å²) in [5.41, 5.74) is 3.80. The van der Waals surface area contributed by atoms with Crippen LogP contribution in [0.2, 0.25) is 0 Å². The van der Waals surface area contributed by atoms with Crippen LogP contribution in [0.5, 0.6) is 0 Å². The van der Waals surface area contributed by atoms with E-state index in [0.29, 0.717) is 29.7 Å². The molecule has 0 saturated carbocycles. The SMILES string of the molecule is CCc1cccc(C)c1NS(=O)(=O)c1cc2oc(=O)n(CC)c2cc1C. The zero-order valence-corrected chi connectivity index (χ0v) is 16.1. The van der Waals surface area contributed by atoms with Gasteiger partial charge in [-0.3, -0.25) is 9.29 Å². The first-order valence-corrected chi connectivity index (χ1v) is 10.0. The molecule has 0 aliphatic rings. The third kappa shape index (κ3) is 3.03. The summed E-state index contributed by atoms with van der Waals surface area (Å²) in [6, 6.07) is 8.78. The highest BCUT2D eigenvalue weighted by atomic mass is 32.2. The van der Waals surface area contributed by atoms with E-state index in [1.165, 1.54) is 10.6 Å². The van der Waals surface area contributed by atoms with Gasteiger partial charge < -0.3 is 4.42 Å². The molecule has 0 aliphatic heterocycles. The van der Waals surface area contributed by atoms with Crippen molar-refractivity contribution in [1.82, 2.24) is 4.57 Å². The van der Waals surface area contributed by atoms with Gasteiger partial charge in [0.2, 0.25) is 0 Å². The van der Waals surface area contributed by atoms with Gasteiger partial charge in [0.15, 0.2) is 5.58 Å². The Morgan fingerprint density at radius 1 is 1.12 bits per heavy atom. The fraction of sp³-hybridized carbons (Fsp3) is 0.316. The van der Waals surface area contributed by atoms with E-state index < -0.39 is 15.8 Å². The number of sulfonamides is 1. The Bertz CT molecular complexity index is 1140. The van der Waals surface area contributed by atoms with Crippen LogP contribution in [-0.4, -0.2) is 13.0 Å². The number of benzene rings is 2. The van der Waals surface area contributed by atoms with E-state index in [9.17, 15) is 13.2 Å². The molecule has 6 nitrogen and oxygen atoms in total. The predicted octanol–water partition coefficient (Wildman–Crippen LogP) is 3.59. The van der Waals surface area contributed by atoms with Crippen LogP contribution in [0.3, 0.4) is 0 Å². The molecule has 2 aromatic carbocycles. The van der Waals surface area contributed by atoms with Crippen LogP contribution < -0.4 is 10.5 Å². The van der Waals surface area contributed by atoms with Crippen LogP contribution in [0.25, 0.3) is 11.1 Å². The summed E-state index contributed by atoms with van der Waals surface area (Å²) >= 11 is 0. The van der Waals surface area contributed by atoms with E-state index >= 15 is 0 Å². The number of hydrogen-bond acceptors (Lipinski definition) is 4. The number of nitrogens with one attached hydrogen (secondary N) is 1. The van der Waals surface area contributed by atoms with Gasteiger partial charge in [0.1, 0.15) is 0 Å². The molecule has 0 atom stereocenters. The minimum absolute atomic E-state index is 0.104. The molecule has 26 heavy (non-hydrogen) atoms. The van der Waals surface area contributed by atoms with E-state index in [1.54, 1.807) is 13.0 Å². The van der Waals surface area contributed by atoms with Crippen molar-refractivity contribution in [2.75, 3.05) is 4.72 Å². The lowest BCUT2D eigenvalue weighted by atomic mass is 10.1. The van der Waals surface area contributed by atoms with Crippen LogP contribution >= 0.6 is 0 Å². The number of para-hydroxylation sites is 1. The summed E-state index contributed by atoms with van der Waals surface area (Å²) in [5, 5.41) is 0. The summed E-state index contributed by atoms with van der Waals surface area (Å²) in [7, 11) is -3.82. The van der Waals surface area contributed by atoms with Gasteiger partial charge in [0.05, 0.1) is 16.1 Å². The molecule has 3 rings (SSSR count). The lowest BCUT2D eigenvalue weighted by Crippen LogP contribution is -2.16. The second kappa shape index (κ2) is 6.64. The Balaban J connectivity index is 2.14. The fourth-order valence-electron chi connectivity index (χ4n) is 3.14. The zero-order valence-electron chi connectivity index (χ0n) is 15.3. The Hall–Kier alpha value is -2.54. The molecular formula is C19H22N2O4S. The quantitative estimate of drug-likeness (QED) is 0.740. The van der Waals surface area contributed by atoms with Crippen molar-refractivity contribution < 1.29 is 12.8 Å². The number of fused-ring (bicyclic) bond motifs is 1. The van der Waals surface area contributed by atoms with E-state index in [0.717, 1.165) is 11.1 Å². The molecule has 1 N–H and O–H groups in total. The Labute approximate surface area is 152 Å². The molecule has 0 radical (unpaired) electrons. The smallest absolute Gasteiger partial charge is 0.408 e. The van der Waals surface area contributed by atoms with Crippen LogP contribution in [0.15, 0.2) is 44.4 Å². The molecule has 7 heteroatoms. The number of nitrogens with zero attached hydrogens (tertiary/aromatic N) is 1. The minimum Gasteiger partial charge on any atom is -0.408 e. The van der Waals surface area contributed by atoms with Crippen molar-refractivity contribution >= 4 is 26.8 Å². The van der Waals surface area contributed by atoms with Crippen molar-refractivity contribution in [3.8, 4) is 0 Å². The molecule has 3 aromatic rings. The summed E-state index contributed by atoms with van der Waals surface area (Å²) in [6.07, 6.45) is 0.714. The number of anilines is 1. The van der Waals surface area contributed by atoms with E-state index in [4.69, 9.17) is 4.42 Å². The summed E-state index contributed by atoms with van der Waals surface area (Å²) in [5.74, 6) is -0.489. The molecular weight excluding hydrogens is 352 g/mol. The van der Waals surface area contributed by atoms with Gasteiger partial charge in [-0.15, -0.1) is 0 Å². The Morgan fingerprint density at radius 2 is 1.85 bits per heavy atom. The highest BCUT2D eigenvalue weighted by Gasteiger charge is 2.22. The zero-order chi connectivity index (χ0) is 19.1. The Kier molecular flexibility index (Phi) is 4.66. The summed E-state index contributed by atoms with van der Waals surface area (Å²) in [6.45, 7) is 7.85. The Morgan fingerprint density at radius 3 is 2.50 bits per heavy atom. The van der Waals surface area contributed by atoms with Crippen molar-refractivity contribution in [3.05, 3.63) is 57.6 Å². The highest BCUT2D eigenvalue weighted by molar-refractivity contribution is 7.92. The number of rotatable bonds is 5. The van der Waals surface area contributed by atoms with Crippen molar-refractivity contribution in [3.63, 3.8) is 0 Å². The normalized spacial score (nSPS) is 11.8. The third-order valence-corrected chi connectivity index (χ3v) is 6.04. The maximum Gasteiger partial charge on any atom is 0.419 e. The molecule has 1 aromatic heterocycles. The largest absolute Gasteiger partial charge is 0.419 e. The number of aryl methyl sites for hydroxylation is 4. The predicted molar refractivity (Wildman–Crippen MR) is 102 cm³/mol. The third-order valence-electron chi connectivity index (χ3n) is 4.55. The summed E-state index contributed by atoms with van der Waals surface area (Å²) in [4.78, 5) is 12.0. The lowest BCUT2D eigenvalue weighted by molar-refractivity contribution is 0.512. The lowest BCUT2D eigenvalue weighted by Gasteiger charge is -2.15. The summed E-state index contributed by atoms with van der Waals surface area (Å²) < 4.78 is 35.4. The number of hydrogen-bond donors (Lipinski definition) is 1. The fourth-order valence-corrected chi connectivity index (χ4v) is 4.56. The van der Waals surface area contributed by atoms with Crippen LogP contribution in [-0.2, 0) is 23.0 Å². The molecule has 0 saturated heterocycles. The van der Waals surface area contributed by atoms with Crippen molar-refractivity contribution in [2.45, 2.75) is 45.6 Å². The average Bonchev–Trinajstić information content (AvgIpc) is 2.89. The molecule has 138 valence electrons. The van der Waals surface area contributed by atoms with Crippen LogP contribution in [0.1, 0.15) is 30.5 Å². The van der Waals surface area contributed by atoms with Gasteiger partial charge >= 0.3 is 5.76 Å². The van der Waals surface area contributed by atoms with Gasteiger partial charge in [-0.1, -0.05) is 25.1 Å². The minimum atomic E-state index is -3.82. The van der Waals surface area contributed by atoms with Crippen molar-refractivity contribution in [2.24, 2.45) is 0 Å². The van der Waals surface area contributed by atoms with Gasteiger partial charge in [-0.25, -0.2) is 13.2 Å². The van der Waals surface area contributed by atoms with Crippen LogP contribution in [0, 0.1) is 13.8 Å². The van der Waals surface area contributed by atoms with E-state index in [1.807, 2.05) is 39.0 Å². The maximum absolute atomic E-state index is 13.0. The molecule has 1 heterocycles. The first-order valence-electron chi connectivity index (χ1n) is 8.53. The number of oxazole rings is 1. The van der Waals surface area contributed by atoms with Gasteiger partial charge in [-0.05, 0) is 49.9 Å². The molecule has 0 bridgehead atoms. The first kappa shape index (κ1) is 18.3.